The Kier molecular flexibility index (Phi) is 4.95. The Morgan fingerprint density at radius 1 is 1.29 bits per heavy atom. The van der Waals surface area contributed by atoms with Gasteiger partial charge in [0.25, 0.3) is 0 Å². The summed E-state index contributed by atoms with van der Waals surface area (Å²) < 4.78 is 27.3. The van der Waals surface area contributed by atoms with Crippen LogP contribution in [0.2, 0.25) is 0 Å². The minimum atomic E-state index is -3.47. The topological polar surface area (TPSA) is 109 Å². The van der Waals surface area contributed by atoms with Crippen LogP contribution in [0, 0.1) is 5.41 Å². The summed E-state index contributed by atoms with van der Waals surface area (Å²) in [4.78, 5) is 3.91. The zero-order valence-corrected chi connectivity index (χ0v) is 12.8. The molecule has 0 bridgehead atoms. The maximum absolute atomic E-state index is 12.3. The fraction of sp³-hybridized carbons (Fsp3) is 0.571. The van der Waals surface area contributed by atoms with Gasteiger partial charge in [0.05, 0.1) is 11.3 Å². The largest absolute Gasteiger partial charge is 0.386 e. The number of rotatable bonds is 6. The van der Waals surface area contributed by atoms with E-state index in [1.54, 1.807) is 24.5 Å². The monoisotopic (exact) mass is 310 g/mol. The standard InChI is InChI=1S/C14H22N4O2S/c15-13(16)14(7-2-1-3-8-14)18-21(19,20)11-6-12-4-9-17-10-5-12/h4-5,9-10,18H,1-3,6-8,11H2,(H3,15,16). The molecule has 6 nitrogen and oxygen atoms in total. The molecule has 2 rings (SSSR count). The van der Waals surface area contributed by atoms with Crippen LogP contribution < -0.4 is 10.5 Å². The van der Waals surface area contributed by atoms with Gasteiger partial charge >= 0.3 is 0 Å². The molecule has 0 unspecified atom stereocenters. The first-order chi connectivity index (χ1) is 9.94. The summed E-state index contributed by atoms with van der Waals surface area (Å²) in [7, 11) is -3.47. The van der Waals surface area contributed by atoms with Crippen LogP contribution in [-0.2, 0) is 16.4 Å². The van der Waals surface area contributed by atoms with Gasteiger partial charge in [-0.05, 0) is 37.0 Å². The maximum atomic E-state index is 12.3. The molecule has 0 aliphatic heterocycles. The molecule has 0 radical (unpaired) electrons. The van der Waals surface area contributed by atoms with Crippen LogP contribution in [0.3, 0.4) is 0 Å². The van der Waals surface area contributed by atoms with E-state index in [4.69, 9.17) is 11.1 Å². The van der Waals surface area contributed by atoms with Gasteiger partial charge in [0.1, 0.15) is 5.84 Å². The molecule has 1 saturated carbocycles. The molecule has 4 N–H and O–H groups in total. The predicted octanol–water partition coefficient (Wildman–Crippen LogP) is 1.18. The van der Waals surface area contributed by atoms with Gasteiger partial charge < -0.3 is 5.73 Å². The van der Waals surface area contributed by atoms with Crippen molar-refractivity contribution >= 4 is 15.9 Å². The highest BCUT2D eigenvalue weighted by atomic mass is 32.2. The number of aromatic nitrogens is 1. The minimum absolute atomic E-state index is 0.00789. The molecule has 0 spiro atoms. The van der Waals surface area contributed by atoms with Crippen LogP contribution in [0.4, 0.5) is 0 Å². The number of amidine groups is 1. The van der Waals surface area contributed by atoms with Crippen molar-refractivity contribution in [2.75, 3.05) is 5.75 Å². The molecule has 7 heteroatoms. The molecule has 1 heterocycles. The van der Waals surface area contributed by atoms with Crippen LogP contribution >= 0.6 is 0 Å². The first kappa shape index (κ1) is 15.9. The summed E-state index contributed by atoms with van der Waals surface area (Å²) in [6.45, 7) is 0. The molecule has 1 aliphatic carbocycles. The fourth-order valence-corrected chi connectivity index (χ4v) is 4.25. The summed E-state index contributed by atoms with van der Waals surface area (Å²) in [6.07, 6.45) is 7.79. The molecule has 1 aromatic heterocycles. The number of pyridine rings is 1. The van der Waals surface area contributed by atoms with Gasteiger partial charge in [-0.3, -0.25) is 10.4 Å². The molecule has 1 aromatic rings. The normalized spacial score (nSPS) is 18.3. The van der Waals surface area contributed by atoms with Crippen molar-refractivity contribution in [1.82, 2.24) is 9.71 Å². The quantitative estimate of drug-likeness (QED) is 0.541. The number of aryl methyl sites for hydroxylation is 1. The van der Waals surface area contributed by atoms with E-state index in [0.29, 0.717) is 19.3 Å². The Bertz CT molecular complexity index is 580. The SMILES string of the molecule is N=C(N)C1(NS(=O)(=O)CCc2ccncc2)CCCCC1. The first-order valence-electron chi connectivity index (χ1n) is 7.19. The van der Waals surface area contributed by atoms with E-state index in [1.165, 1.54) is 0 Å². The van der Waals surface area contributed by atoms with E-state index in [-0.39, 0.29) is 11.6 Å². The highest BCUT2D eigenvalue weighted by Crippen LogP contribution is 2.28. The van der Waals surface area contributed by atoms with E-state index in [9.17, 15) is 8.42 Å². The summed E-state index contributed by atoms with van der Waals surface area (Å²) in [5, 5.41) is 7.76. The minimum Gasteiger partial charge on any atom is -0.386 e. The molecule has 0 saturated heterocycles. The molecule has 116 valence electrons. The number of nitrogens with zero attached hydrogens (tertiary/aromatic N) is 1. The number of nitrogens with one attached hydrogen (secondary N) is 2. The van der Waals surface area contributed by atoms with Crippen LogP contribution in [0.1, 0.15) is 37.7 Å². The molecule has 0 atom stereocenters. The van der Waals surface area contributed by atoms with E-state index in [1.807, 2.05) is 0 Å². The third-order valence-corrected chi connectivity index (χ3v) is 5.43. The number of hydrogen-bond acceptors (Lipinski definition) is 4. The van der Waals surface area contributed by atoms with Gasteiger partial charge in [-0.2, -0.15) is 0 Å². The van der Waals surface area contributed by atoms with Crippen LogP contribution in [0.5, 0.6) is 0 Å². The Morgan fingerprint density at radius 2 is 1.90 bits per heavy atom. The van der Waals surface area contributed by atoms with Crippen molar-refractivity contribution in [3.63, 3.8) is 0 Å². The molecule has 1 aliphatic rings. The zero-order valence-electron chi connectivity index (χ0n) is 12.0. The van der Waals surface area contributed by atoms with Gasteiger partial charge in [-0.15, -0.1) is 0 Å². The van der Waals surface area contributed by atoms with Crippen molar-refractivity contribution in [3.8, 4) is 0 Å². The lowest BCUT2D eigenvalue weighted by atomic mass is 9.82. The molecular formula is C14H22N4O2S. The Hall–Kier alpha value is -1.47. The van der Waals surface area contributed by atoms with E-state index in [0.717, 1.165) is 24.8 Å². The second-order valence-electron chi connectivity index (χ2n) is 5.58. The molecule has 0 amide bonds. The lowest BCUT2D eigenvalue weighted by Gasteiger charge is -2.36. The van der Waals surface area contributed by atoms with Crippen LogP contribution in [0.25, 0.3) is 0 Å². The Labute approximate surface area is 125 Å². The lowest BCUT2D eigenvalue weighted by molar-refractivity contribution is 0.348. The van der Waals surface area contributed by atoms with Gasteiger partial charge in [0.2, 0.25) is 10.0 Å². The smallest absolute Gasteiger partial charge is 0.212 e. The maximum Gasteiger partial charge on any atom is 0.212 e. The van der Waals surface area contributed by atoms with E-state index >= 15 is 0 Å². The molecule has 1 fully saturated rings. The van der Waals surface area contributed by atoms with Gasteiger partial charge in [0, 0.05) is 12.4 Å². The summed E-state index contributed by atoms with van der Waals surface area (Å²) in [5.74, 6) is -0.0823. The fourth-order valence-electron chi connectivity index (χ4n) is 2.73. The molecule has 21 heavy (non-hydrogen) atoms. The third-order valence-electron chi connectivity index (χ3n) is 3.98. The summed E-state index contributed by atoms with van der Waals surface area (Å²) in [6, 6.07) is 3.60. The highest BCUT2D eigenvalue weighted by molar-refractivity contribution is 7.89. The second-order valence-corrected chi connectivity index (χ2v) is 7.42. The van der Waals surface area contributed by atoms with Crippen LogP contribution in [-0.4, -0.2) is 30.5 Å². The molecule has 0 aromatic carbocycles. The van der Waals surface area contributed by atoms with Crippen molar-refractivity contribution in [1.29, 1.82) is 5.41 Å². The number of nitrogens with two attached hydrogens (primary N) is 1. The Balaban J connectivity index is 2.03. The average Bonchev–Trinajstić information content (AvgIpc) is 2.47. The number of hydrogen-bond donors (Lipinski definition) is 3. The van der Waals surface area contributed by atoms with Gasteiger partial charge in [-0.25, -0.2) is 13.1 Å². The van der Waals surface area contributed by atoms with Crippen molar-refractivity contribution < 1.29 is 8.42 Å². The second kappa shape index (κ2) is 6.53. The van der Waals surface area contributed by atoms with Crippen molar-refractivity contribution in [2.24, 2.45) is 5.73 Å². The van der Waals surface area contributed by atoms with Gasteiger partial charge in [0.15, 0.2) is 0 Å². The van der Waals surface area contributed by atoms with Crippen molar-refractivity contribution in [3.05, 3.63) is 30.1 Å². The Morgan fingerprint density at radius 3 is 2.48 bits per heavy atom. The van der Waals surface area contributed by atoms with Crippen LogP contribution in [0.15, 0.2) is 24.5 Å². The first-order valence-corrected chi connectivity index (χ1v) is 8.84. The third kappa shape index (κ3) is 4.25. The van der Waals surface area contributed by atoms with E-state index in [2.05, 4.69) is 9.71 Å². The summed E-state index contributed by atoms with van der Waals surface area (Å²) in [5.41, 5.74) is 5.71. The number of sulfonamides is 1. The van der Waals surface area contributed by atoms with Gasteiger partial charge in [-0.1, -0.05) is 19.3 Å². The predicted molar refractivity (Wildman–Crippen MR) is 82.6 cm³/mol. The zero-order chi connectivity index (χ0) is 15.3. The summed E-state index contributed by atoms with van der Waals surface area (Å²) >= 11 is 0. The van der Waals surface area contributed by atoms with Crippen molar-refractivity contribution in [2.45, 2.75) is 44.1 Å². The van der Waals surface area contributed by atoms with E-state index < -0.39 is 15.6 Å². The highest BCUT2D eigenvalue weighted by Gasteiger charge is 2.38. The molecular weight excluding hydrogens is 288 g/mol. The lowest BCUT2D eigenvalue weighted by Crippen LogP contribution is -2.58. The average molecular weight is 310 g/mol.